The molecule has 0 amide bonds. The minimum absolute atomic E-state index is 0.219. The Morgan fingerprint density at radius 3 is 2.08 bits per heavy atom. The maximum absolute atomic E-state index is 6.19. The molecule has 4 heteroatoms. The number of nitrogens with one attached hydrogen (secondary N) is 1. The fraction of sp³-hybridized carbons (Fsp3) is 0.150. The SMILES string of the molecule is CNCC(c1ccc(-c2ccncc2)cc1)c1ccc(Cl)c(Cl)c1. The summed E-state index contributed by atoms with van der Waals surface area (Å²) in [6, 6.07) is 18.5. The average molecular weight is 357 g/mol. The third kappa shape index (κ3) is 3.78. The first-order chi connectivity index (χ1) is 11.7. The van der Waals surface area contributed by atoms with Crippen molar-refractivity contribution < 1.29 is 0 Å². The van der Waals surface area contributed by atoms with Crippen LogP contribution >= 0.6 is 23.2 Å². The molecule has 24 heavy (non-hydrogen) atoms. The van der Waals surface area contributed by atoms with Crippen molar-refractivity contribution in [3.8, 4) is 11.1 Å². The standard InChI is InChI=1S/C20H18Cl2N2/c1-23-13-18(17-6-7-19(21)20(22)12-17)16-4-2-14(3-5-16)15-8-10-24-11-9-15/h2-12,18,23H,13H2,1H3. The van der Waals surface area contributed by atoms with Gasteiger partial charge in [0.1, 0.15) is 0 Å². The Morgan fingerprint density at radius 1 is 0.833 bits per heavy atom. The molecule has 1 heterocycles. The lowest BCUT2D eigenvalue weighted by molar-refractivity contribution is 0.708. The fourth-order valence-electron chi connectivity index (χ4n) is 2.81. The van der Waals surface area contributed by atoms with E-state index in [2.05, 4.69) is 34.6 Å². The molecule has 1 N–H and O–H groups in total. The Bertz CT molecular complexity index is 802. The van der Waals surface area contributed by atoms with E-state index >= 15 is 0 Å². The topological polar surface area (TPSA) is 24.9 Å². The third-order valence-electron chi connectivity index (χ3n) is 4.08. The molecule has 0 saturated carbocycles. The molecule has 0 bridgehead atoms. The maximum Gasteiger partial charge on any atom is 0.0595 e. The van der Waals surface area contributed by atoms with Gasteiger partial charge in [0.05, 0.1) is 10.0 Å². The molecule has 0 spiro atoms. The number of pyridine rings is 1. The van der Waals surface area contributed by atoms with Gasteiger partial charge in [-0.3, -0.25) is 4.98 Å². The second-order valence-electron chi connectivity index (χ2n) is 5.64. The molecule has 2 nitrogen and oxygen atoms in total. The second-order valence-corrected chi connectivity index (χ2v) is 6.46. The lowest BCUT2D eigenvalue weighted by Crippen LogP contribution is -2.18. The Balaban J connectivity index is 1.92. The van der Waals surface area contributed by atoms with Gasteiger partial charge in [-0.15, -0.1) is 0 Å². The van der Waals surface area contributed by atoms with E-state index in [-0.39, 0.29) is 5.92 Å². The van der Waals surface area contributed by atoms with Crippen LogP contribution in [0.2, 0.25) is 10.0 Å². The van der Waals surface area contributed by atoms with Crippen molar-refractivity contribution in [3.05, 3.63) is 88.2 Å². The number of benzene rings is 2. The predicted molar refractivity (Wildman–Crippen MR) is 102 cm³/mol. The van der Waals surface area contributed by atoms with Crippen molar-refractivity contribution >= 4 is 23.2 Å². The van der Waals surface area contributed by atoms with Crippen LogP contribution in [0.4, 0.5) is 0 Å². The molecule has 0 saturated heterocycles. The molecule has 1 aromatic heterocycles. The highest BCUT2D eigenvalue weighted by molar-refractivity contribution is 6.42. The summed E-state index contributed by atoms with van der Waals surface area (Å²) in [6.45, 7) is 0.826. The van der Waals surface area contributed by atoms with Gasteiger partial charge in [-0.05, 0) is 53.6 Å². The second kappa shape index (κ2) is 7.80. The van der Waals surface area contributed by atoms with Crippen LogP contribution in [0.3, 0.4) is 0 Å². The van der Waals surface area contributed by atoms with Crippen molar-refractivity contribution in [2.24, 2.45) is 0 Å². The molecule has 0 aliphatic carbocycles. The Labute approximate surface area is 152 Å². The first kappa shape index (κ1) is 17.0. The minimum atomic E-state index is 0.219. The van der Waals surface area contributed by atoms with Gasteiger partial charge >= 0.3 is 0 Å². The van der Waals surface area contributed by atoms with Crippen LogP contribution in [0.1, 0.15) is 17.0 Å². The van der Waals surface area contributed by atoms with Crippen LogP contribution in [0, 0.1) is 0 Å². The van der Waals surface area contributed by atoms with Crippen LogP contribution in [0.15, 0.2) is 67.0 Å². The maximum atomic E-state index is 6.19. The van der Waals surface area contributed by atoms with Crippen LogP contribution in [-0.2, 0) is 0 Å². The van der Waals surface area contributed by atoms with Crippen molar-refractivity contribution in [2.75, 3.05) is 13.6 Å². The van der Waals surface area contributed by atoms with E-state index in [9.17, 15) is 0 Å². The summed E-state index contributed by atoms with van der Waals surface area (Å²) in [4.78, 5) is 4.06. The average Bonchev–Trinajstić information content (AvgIpc) is 2.63. The molecule has 3 aromatic rings. The summed E-state index contributed by atoms with van der Waals surface area (Å²) < 4.78 is 0. The van der Waals surface area contributed by atoms with Gasteiger partial charge in [-0.25, -0.2) is 0 Å². The largest absolute Gasteiger partial charge is 0.319 e. The van der Waals surface area contributed by atoms with E-state index in [0.29, 0.717) is 10.0 Å². The number of likely N-dealkylation sites (N-methyl/N-ethyl adjacent to an activating group) is 1. The summed E-state index contributed by atoms with van der Waals surface area (Å²) in [5.74, 6) is 0.219. The summed E-state index contributed by atoms with van der Waals surface area (Å²) in [6.07, 6.45) is 3.62. The number of aromatic nitrogens is 1. The van der Waals surface area contributed by atoms with Crippen molar-refractivity contribution in [2.45, 2.75) is 5.92 Å². The Kier molecular flexibility index (Phi) is 5.52. The highest BCUT2D eigenvalue weighted by Crippen LogP contribution is 2.31. The van der Waals surface area contributed by atoms with Crippen LogP contribution in [0.5, 0.6) is 0 Å². The molecule has 0 aliphatic heterocycles. The summed E-state index contributed by atoms with van der Waals surface area (Å²) in [7, 11) is 1.95. The minimum Gasteiger partial charge on any atom is -0.319 e. The smallest absolute Gasteiger partial charge is 0.0595 e. The lowest BCUT2D eigenvalue weighted by Gasteiger charge is -2.19. The number of halogens is 2. The number of hydrogen-bond acceptors (Lipinski definition) is 2. The van der Waals surface area contributed by atoms with Crippen molar-refractivity contribution in [3.63, 3.8) is 0 Å². The number of nitrogens with zero attached hydrogens (tertiary/aromatic N) is 1. The van der Waals surface area contributed by atoms with E-state index in [1.54, 1.807) is 0 Å². The lowest BCUT2D eigenvalue weighted by atomic mass is 9.90. The first-order valence-electron chi connectivity index (χ1n) is 7.79. The predicted octanol–water partition coefficient (Wildman–Crippen LogP) is 5.41. The molecule has 0 fully saturated rings. The molecular weight excluding hydrogens is 339 g/mol. The monoisotopic (exact) mass is 356 g/mol. The molecule has 3 rings (SSSR count). The molecule has 1 unspecified atom stereocenters. The third-order valence-corrected chi connectivity index (χ3v) is 4.82. The van der Waals surface area contributed by atoms with Gasteiger partial charge in [0.15, 0.2) is 0 Å². The van der Waals surface area contributed by atoms with E-state index in [1.807, 2.05) is 49.8 Å². The molecule has 1 atom stereocenters. The quantitative estimate of drug-likeness (QED) is 0.661. The summed E-state index contributed by atoms with van der Waals surface area (Å²) in [5, 5.41) is 4.43. The van der Waals surface area contributed by atoms with Gasteiger partial charge in [-0.1, -0.05) is 53.5 Å². The zero-order valence-electron chi connectivity index (χ0n) is 13.3. The van der Waals surface area contributed by atoms with E-state index in [1.165, 1.54) is 11.1 Å². The zero-order valence-corrected chi connectivity index (χ0v) is 14.9. The number of hydrogen-bond donors (Lipinski definition) is 1. The molecule has 2 aromatic carbocycles. The van der Waals surface area contributed by atoms with E-state index < -0.39 is 0 Å². The van der Waals surface area contributed by atoms with Gasteiger partial charge < -0.3 is 5.32 Å². The van der Waals surface area contributed by atoms with Crippen LogP contribution < -0.4 is 5.32 Å². The fourth-order valence-corrected chi connectivity index (χ4v) is 3.12. The molecule has 0 aliphatic rings. The van der Waals surface area contributed by atoms with E-state index in [0.717, 1.165) is 17.7 Å². The Morgan fingerprint density at radius 2 is 1.46 bits per heavy atom. The van der Waals surface area contributed by atoms with Gasteiger partial charge in [-0.2, -0.15) is 0 Å². The molecule has 122 valence electrons. The highest BCUT2D eigenvalue weighted by atomic mass is 35.5. The summed E-state index contributed by atoms with van der Waals surface area (Å²) in [5.41, 5.74) is 4.73. The van der Waals surface area contributed by atoms with E-state index in [4.69, 9.17) is 23.2 Å². The Hall–Kier alpha value is -1.87. The molecule has 0 radical (unpaired) electrons. The van der Waals surface area contributed by atoms with Crippen molar-refractivity contribution in [1.82, 2.24) is 10.3 Å². The summed E-state index contributed by atoms with van der Waals surface area (Å²) >= 11 is 12.2. The number of rotatable bonds is 5. The van der Waals surface area contributed by atoms with Gasteiger partial charge in [0.25, 0.3) is 0 Å². The zero-order chi connectivity index (χ0) is 16.9. The normalized spacial score (nSPS) is 12.1. The van der Waals surface area contributed by atoms with Gasteiger partial charge in [0.2, 0.25) is 0 Å². The van der Waals surface area contributed by atoms with Crippen LogP contribution in [-0.4, -0.2) is 18.6 Å². The van der Waals surface area contributed by atoms with Crippen molar-refractivity contribution in [1.29, 1.82) is 0 Å². The van der Waals surface area contributed by atoms with Crippen LogP contribution in [0.25, 0.3) is 11.1 Å². The van der Waals surface area contributed by atoms with Gasteiger partial charge in [0, 0.05) is 24.9 Å². The molecular formula is C20H18Cl2N2. The first-order valence-corrected chi connectivity index (χ1v) is 8.54. The highest BCUT2D eigenvalue weighted by Gasteiger charge is 2.15.